The van der Waals surface area contributed by atoms with Crippen molar-refractivity contribution in [3.8, 4) is 0 Å². The summed E-state index contributed by atoms with van der Waals surface area (Å²) in [6.07, 6.45) is 0. The van der Waals surface area contributed by atoms with E-state index >= 15 is 0 Å². The molecular weight excluding hydrogens is 173 g/mol. The molecule has 0 aliphatic rings. The predicted octanol–water partition coefficient (Wildman–Crippen LogP) is 0.644. The number of aromatic amines is 1. The van der Waals surface area contributed by atoms with Gasteiger partial charge in [-0.15, -0.1) is 0 Å². The molecule has 0 saturated carbocycles. The SMILES string of the molecule is Nc1nc2c(F)cccc2c(=O)[nH]1. The maximum Gasteiger partial charge on any atom is 0.260 e. The molecule has 1 aromatic heterocycles. The summed E-state index contributed by atoms with van der Waals surface area (Å²) in [5.74, 6) is -0.627. The van der Waals surface area contributed by atoms with Crippen molar-refractivity contribution < 1.29 is 4.39 Å². The smallest absolute Gasteiger partial charge is 0.260 e. The fourth-order valence-corrected chi connectivity index (χ4v) is 1.14. The Morgan fingerprint density at radius 2 is 2.23 bits per heavy atom. The summed E-state index contributed by atoms with van der Waals surface area (Å²) in [7, 11) is 0. The first-order valence-corrected chi connectivity index (χ1v) is 3.62. The van der Waals surface area contributed by atoms with Crippen LogP contribution in [0, 0.1) is 5.82 Å². The molecule has 0 radical (unpaired) electrons. The molecule has 0 spiro atoms. The molecule has 1 aromatic carbocycles. The van der Waals surface area contributed by atoms with E-state index in [9.17, 15) is 9.18 Å². The highest BCUT2D eigenvalue weighted by Crippen LogP contribution is 2.11. The third kappa shape index (κ3) is 1.14. The standard InChI is InChI=1S/C8H6FN3O/c9-5-3-1-2-4-6(5)11-8(10)12-7(4)13/h1-3H,(H3,10,11,12,13). The molecule has 0 amide bonds. The summed E-state index contributed by atoms with van der Waals surface area (Å²) in [5, 5.41) is 0.203. The molecule has 0 aliphatic carbocycles. The van der Waals surface area contributed by atoms with Crippen molar-refractivity contribution in [2.24, 2.45) is 0 Å². The zero-order valence-corrected chi connectivity index (χ0v) is 6.54. The van der Waals surface area contributed by atoms with E-state index in [0.29, 0.717) is 0 Å². The summed E-state index contributed by atoms with van der Waals surface area (Å²) in [6.45, 7) is 0. The number of benzene rings is 1. The van der Waals surface area contributed by atoms with Gasteiger partial charge >= 0.3 is 0 Å². The van der Waals surface area contributed by atoms with Gasteiger partial charge in [0, 0.05) is 0 Å². The van der Waals surface area contributed by atoms with Gasteiger partial charge in [-0.2, -0.15) is 0 Å². The average Bonchev–Trinajstić information content (AvgIpc) is 2.07. The van der Waals surface area contributed by atoms with E-state index in [2.05, 4.69) is 9.97 Å². The maximum atomic E-state index is 13.1. The molecule has 3 N–H and O–H groups in total. The van der Waals surface area contributed by atoms with Gasteiger partial charge in [0.2, 0.25) is 5.95 Å². The van der Waals surface area contributed by atoms with E-state index in [-0.39, 0.29) is 16.9 Å². The highest BCUT2D eigenvalue weighted by molar-refractivity contribution is 5.78. The Bertz CT molecular complexity index is 520. The molecule has 1 heterocycles. The monoisotopic (exact) mass is 179 g/mol. The minimum atomic E-state index is -0.546. The molecule has 0 bridgehead atoms. The van der Waals surface area contributed by atoms with Gasteiger partial charge in [0.15, 0.2) is 0 Å². The number of nitrogens with zero attached hydrogens (tertiary/aromatic N) is 1. The lowest BCUT2D eigenvalue weighted by atomic mass is 10.2. The minimum Gasteiger partial charge on any atom is -0.369 e. The summed E-state index contributed by atoms with van der Waals surface area (Å²) in [6, 6.07) is 4.17. The Morgan fingerprint density at radius 3 is 3.00 bits per heavy atom. The number of anilines is 1. The highest BCUT2D eigenvalue weighted by Gasteiger charge is 2.05. The summed E-state index contributed by atoms with van der Waals surface area (Å²) in [4.78, 5) is 17.2. The van der Waals surface area contributed by atoms with Crippen LogP contribution in [0.15, 0.2) is 23.0 Å². The predicted molar refractivity (Wildman–Crippen MR) is 46.7 cm³/mol. The Hall–Kier alpha value is -1.91. The number of aromatic nitrogens is 2. The first-order valence-electron chi connectivity index (χ1n) is 3.62. The van der Waals surface area contributed by atoms with E-state index in [0.717, 1.165) is 0 Å². The average molecular weight is 179 g/mol. The van der Waals surface area contributed by atoms with Crippen LogP contribution in [0.25, 0.3) is 10.9 Å². The second kappa shape index (κ2) is 2.55. The van der Waals surface area contributed by atoms with Crippen molar-refractivity contribution >= 4 is 16.9 Å². The summed E-state index contributed by atoms with van der Waals surface area (Å²) in [5.41, 5.74) is 4.84. The fourth-order valence-electron chi connectivity index (χ4n) is 1.14. The van der Waals surface area contributed by atoms with Crippen LogP contribution in [-0.4, -0.2) is 9.97 Å². The van der Waals surface area contributed by atoms with Crippen LogP contribution in [0.2, 0.25) is 0 Å². The number of fused-ring (bicyclic) bond motifs is 1. The zero-order chi connectivity index (χ0) is 9.42. The number of H-pyrrole nitrogens is 1. The van der Waals surface area contributed by atoms with Crippen molar-refractivity contribution in [3.63, 3.8) is 0 Å². The molecule has 2 rings (SSSR count). The van der Waals surface area contributed by atoms with Crippen LogP contribution in [0.1, 0.15) is 0 Å². The fraction of sp³-hybridized carbons (Fsp3) is 0. The Morgan fingerprint density at radius 1 is 1.46 bits per heavy atom. The topological polar surface area (TPSA) is 71.8 Å². The van der Waals surface area contributed by atoms with Gasteiger partial charge in [-0.3, -0.25) is 9.78 Å². The molecule has 0 fully saturated rings. The number of rotatable bonds is 0. The molecule has 2 aromatic rings. The maximum absolute atomic E-state index is 13.1. The quantitative estimate of drug-likeness (QED) is 0.623. The molecular formula is C8H6FN3O. The Kier molecular flexibility index (Phi) is 1.51. The van der Waals surface area contributed by atoms with Gasteiger partial charge in [0.25, 0.3) is 5.56 Å². The van der Waals surface area contributed by atoms with E-state index in [1.165, 1.54) is 18.2 Å². The Balaban J connectivity index is 3.03. The highest BCUT2D eigenvalue weighted by atomic mass is 19.1. The number of halogens is 1. The second-order valence-corrected chi connectivity index (χ2v) is 2.59. The third-order valence-corrected chi connectivity index (χ3v) is 1.71. The zero-order valence-electron chi connectivity index (χ0n) is 6.54. The van der Waals surface area contributed by atoms with E-state index in [4.69, 9.17) is 5.73 Å². The van der Waals surface area contributed by atoms with Gasteiger partial charge < -0.3 is 5.73 Å². The molecule has 0 saturated heterocycles. The van der Waals surface area contributed by atoms with Gasteiger partial charge in [-0.05, 0) is 12.1 Å². The first kappa shape index (κ1) is 7.72. The lowest BCUT2D eigenvalue weighted by Gasteiger charge is -1.98. The molecule has 13 heavy (non-hydrogen) atoms. The molecule has 0 unspecified atom stereocenters. The third-order valence-electron chi connectivity index (χ3n) is 1.71. The number of nitrogens with two attached hydrogens (primary N) is 1. The van der Waals surface area contributed by atoms with Crippen LogP contribution in [-0.2, 0) is 0 Å². The number of nitrogens with one attached hydrogen (secondary N) is 1. The lowest BCUT2D eigenvalue weighted by molar-refractivity contribution is 0.636. The van der Waals surface area contributed by atoms with E-state index in [1.54, 1.807) is 0 Å². The normalized spacial score (nSPS) is 10.5. The van der Waals surface area contributed by atoms with Crippen LogP contribution in [0.3, 0.4) is 0 Å². The molecule has 0 atom stereocenters. The Labute approximate surface area is 72.2 Å². The molecule has 0 aliphatic heterocycles. The van der Waals surface area contributed by atoms with E-state index < -0.39 is 11.4 Å². The summed E-state index contributed by atoms with van der Waals surface area (Å²) < 4.78 is 13.1. The molecule has 5 heteroatoms. The van der Waals surface area contributed by atoms with Crippen molar-refractivity contribution in [1.29, 1.82) is 0 Å². The van der Waals surface area contributed by atoms with Gasteiger partial charge in [-0.1, -0.05) is 6.07 Å². The lowest BCUT2D eigenvalue weighted by Crippen LogP contribution is -2.11. The van der Waals surface area contributed by atoms with Gasteiger partial charge in [-0.25, -0.2) is 9.37 Å². The largest absolute Gasteiger partial charge is 0.369 e. The van der Waals surface area contributed by atoms with Crippen LogP contribution in [0.4, 0.5) is 10.3 Å². The van der Waals surface area contributed by atoms with Gasteiger partial charge in [0.1, 0.15) is 11.3 Å². The number of para-hydroxylation sites is 1. The van der Waals surface area contributed by atoms with E-state index in [1.807, 2.05) is 0 Å². The number of nitrogen functional groups attached to an aromatic ring is 1. The van der Waals surface area contributed by atoms with Crippen molar-refractivity contribution in [1.82, 2.24) is 9.97 Å². The van der Waals surface area contributed by atoms with Crippen LogP contribution < -0.4 is 11.3 Å². The minimum absolute atomic E-state index is 0.00347. The number of hydrogen-bond donors (Lipinski definition) is 2. The van der Waals surface area contributed by atoms with Crippen molar-refractivity contribution in [3.05, 3.63) is 34.4 Å². The first-order chi connectivity index (χ1) is 6.18. The second-order valence-electron chi connectivity index (χ2n) is 2.59. The van der Waals surface area contributed by atoms with Gasteiger partial charge in [0.05, 0.1) is 5.39 Å². The molecule has 4 nitrogen and oxygen atoms in total. The number of hydrogen-bond acceptors (Lipinski definition) is 3. The molecule has 66 valence electrons. The van der Waals surface area contributed by atoms with Crippen molar-refractivity contribution in [2.45, 2.75) is 0 Å². The van der Waals surface area contributed by atoms with Crippen LogP contribution >= 0.6 is 0 Å². The summed E-state index contributed by atoms with van der Waals surface area (Å²) >= 11 is 0. The van der Waals surface area contributed by atoms with Crippen molar-refractivity contribution in [2.75, 3.05) is 5.73 Å². The van der Waals surface area contributed by atoms with Crippen LogP contribution in [0.5, 0.6) is 0 Å².